The maximum atomic E-state index is 10.6. The second-order valence-electron chi connectivity index (χ2n) is 9.66. The van der Waals surface area contributed by atoms with E-state index < -0.39 is 12.1 Å². The van der Waals surface area contributed by atoms with Gasteiger partial charge in [-0.05, 0) is 76.0 Å². The summed E-state index contributed by atoms with van der Waals surface area (Å²) in [6, 6.07) is 0. The molecule has 0 aromatic rings. The van der Waals surface area contributed by atoms with Crippen LogP contribution in [0.5, 0.6) is 0 Å². The first-order valence-electron chi connectivity index (χ1n) is 12.6. The normalized spacial score (nSPS) is 17.5. The second-order valence-corrected chi connectivity index (χ2v) is 9.66. The number of ether oxygens (including phenoxy) is 1. The molecule has 0 fully saturated rings. The molecule has 0 aliphatic rings. The molecule has 5 unspecified atom stereocenters. The van der Waals surface area contributed by atoms with Gasteiger partial charge in [-0.25, -0.2) is 0 Å². The number of aliphatic carboxylic acids is 1. The van der Waals surface area contributed by atoms with Crippen molar-refractivity contribution in [3.8, 4) is 0 Å². The van der Waals surface area contributed by atoms with Crippen molar-refractivity contribution < 1.29 is 19.7 Å². The highest BCUT2D eigenvalue weighted by Crippen LogP contribution is 2.19. The van der Waals surface area contributed by atoms with Crippen LogP contribution in [0.3, 0.4) is 0 Å². The fraction of sp³-hybridized carbons (Fsp3) is 0.750. The summed E-state index contributed by atoms with van der Waals surface area (Å²) in [6.07, 6.45) is 20.1. The lowest BCUT2D eigenvalue weighted by Crippen LogP contribution is -2.19. The van der Waals surface area contributed by atoms with Crippen LogP contribution in [0.2, 0.25) is 0 Å². The number of allylic oxidation sites excluding steroid dienone is 6. The number of aliphatic hydroxyl groups is 1. The first kappa shape index (κ1) is 30.6. The lowest BCUT2D eigenvalue weighted by atomic mass is 9.95. The van der Waals surface area contributed by atoms with Crippen LogP contribution in [-0.2, 0) is 9.53 Å². The Morgan fingerprint density at radius 1 is 1.03 bits per heavy atom. The lowest BCUT2D eigenvalue weighted by molar-refractivity contribution is -0.139. The molecule has 0 radical (unpaired) electrons. The first-order chi connectivity index (χ1) is 15.2. The second kappa shape index (κ2) is 19.1. The number of hydrogen-bond acceptors (Lipinski definition) is 3. The van der Waals surface area contributed by atoms with Crippen LogP contribution in [0.1, 0.15) is 98.8 Å². The Balaban J connectivity index is 4.02. The van der Waals surface area contributed by atoms with Gasteiger partial charge >= 0.3 is 5.97 Å². The van der Waals surface area contributed by atoms with Crippen LogP contribution in [0.25, 0.3) is 0 Å². The van der Waals surface area contributed by atoms with E-state index in [4.69, 9.17) is 9.84 Å². The largest absolute Gasteiger partial charge is 0.481 e. The molecule has 0 rings (SSSR count). The maximum absolute atomic E-state index is 10.6. The fourth-order valence-electron chi connectivity index (χ4n) is 4.13. The molecule has 0 saturated carbocycles. The molecular formula is C28H50O4. The van der Waals surface area contributed by atoms with Crippen LogP contribution in [-0.4, -0.2) is 35.5 Å². The molecule has 0 bridgehead atoms. The molecule has 0 heterocycles. The highest BCUT2D eigenvalue weighted by molar-refractivity contribution is 5.67. The molecule has 4 heteroatoms. The zero-order chi connectivity index (χ0) is 24.4. The predicted molar refractivity (Wildman–Crippen MR) is 136 cm³/mol. The molecule has 0 aromatic heterocycles. The summed E-state index contributed by atoms with van der Waals surface area (Å²) in [5.74, 6) is 0.650. The molecule has 0 saturated heterocycles. The third kappa shape index (κ3) is 17.2. The van der Waals surface area contributed by atoms with Gasteiger partial charge in [-0.2, -0.15) is 0 Å². The fourth-order valence-corrected chi connectivity index (χ4v) is 4.13. The van der Waals surface area contributed by atoms with Gasteiger partial charge in [-0.3, -0.25) is 4.79 Å². The minimum absolute atomic E-state index is 0.160. The molecule has 0 aliphatic carbocycles. The number of hydrogen-bond donors (Lipinski definition) is 2. The van der Waals surface area contributed by atoms with Gasteiger partial charge in [0.2, 0.25) is 0 Å². The van der Waals surface area contributed by atoms with E-state index in [2.05, 4.69) is 65.0 Å². The quantitative estimate of drug-likeness (QED) is 0.123. The van der Waals surface area contributed by atoms with Crippen molar-refractivity contribution in [1.29, 1.82) is 0 Å². The summed E-state index contributed by atoms with van der Waals surface area (Å²) in [5.41, 5.74) is 1.39. The van der Waals surface area contributed by atoms with Crippen molar-refractivity contribution in [2.24, 2.45) is 17.8 Å². The minimum atomic E-state index is -0.935. The molecular weight excluding hydrogens is 400 g/mol. The standard InChI is InChI=1S/C28H50O4/c1-7-27(32-6)25(5)17-12-10-8-9-11-14-23(3)20-24(4)16-13-15-22(2)18-19-26(29)21-28(30)31/h9,11,13-14,16,22,24-27,29H,7-8,10,12,15,17-21H2,1-6H3,(H,30,31)/b11-9+,16-13+,23-14+. The minimum Gasteiger partial charge on any atom is -0.481 e. The zero-order valence-electron chi connectivity index (χ0n) is 21.6. The van der Waals surface area contributed by atoms with Gasteiger partial charge in [0.25, 0.3) is 0 Å². The first-order valence-corrected chi connectivity index (χ1v) is 12.6. The van der Waals surface area contributed by atoms with E-state index in [1.165, 1.54) is 24.8 Å². The van der Waals surface area contributed by atoms with Crippen molar-refractivity contribution in [2.45, 2.75) is 111 Å². The van der Waals surface area contributed by atoms with Gasteiger partial charge in [-0.1, -0.05) is 70.1 Å². The average Bonchev–Trinajstić information content (AvgIpc) is 2.71. The lowest BCUT2D eigenvalue weighted by Gasteiger charge is -2.20. The van der Waals surface area contributed by atoms with Gasteiger partial charge < -0.3 is 14.9 Å². The number of carbonyl (C=O) groups is 1. The molecule has 5 atom stereocenters. The van der Waals surface area contributed by atoms with Gasteiger partial charge in [0.1, 0.15) is 0 Å². The third-order valence-electron chi connectivity index (χ3n) is 6.19. The summed E-state index contributed by atoms with van der Waals surface area (Å²) in [6.45, 7) is 11.1. The molecule has 0 aromatic carbocycles. The van der Waals surface area contributed by atoms with Gasteiger partial charge in [-0.15, -0.1) is 0 Å². The van der Waals surface area contributed by atoms with Crippen LogP contribution in [0.15, 0.2) is 36.0 Å². The Labute approximate surface area is 197 Å². The predicted octanol–water partition coefficient (Wildman–Crippen LogP) is 7.33. The van der Waals surface area contributed by atoms with E-state index >= 15 is 0 Å². The monoisotopic (exact) mass is 450 g/mol. The summed E-state index contributed by atoms with van der Waals surface area (Å²) in [4.78, 5) is 10.6. The van der Waals surface area contributed by atoms with E-state index in [9.17, 15) is 9.90 Å². The van der Waals surface area contributed by atoms with Gasteiger partial charge in [0, 0.05) is 7.11 Å². The average molecular weight is 451 g/mol. The van der Waals surface area contributed by atoms with Gasteiger partial charge in [0.05, 0.1) is 18.6 Å². The zero-order valence-corrected chi connectivity index (χ0v) is 21.6. The molecule has 32 heavy (non-hydrogen) atoms. The molecule has 0 amide bonds. The summed E-state index contributed by atoms with van der Waals surface area (Å²) < 4.78 is 5.53. The highest BCUT2D eigenvalue weighted by atomic mass is 16.5. The van der Waals surface area contributed by atoms with Crippen molar-refractivity contribution in [3.05, 3.63) is 36.0 Å². The molecule has 2 N–H and O–H groups in total. The van der Waals surface area contributed by atoms with E-state index in [0.29, 0.717) is 30.3 Å². The van der Waals surface area contributed by atoms with Crippen LogP contribution < -0.4 is 0 Å². The molecule has 0 spiro atoms. The number of aliphatic hydroxyl groups excluding tert-OH is 1. The van der Waals surface area contributed by atoms with Crippen molar-refractivity contribution >= 4 is 5.97 Å². The summed E-state index contributed by atoms with van der Waals surface area (Å²) >= 11 is 0. The third-order valence-corrected chi connectivity index (χ3v) is 6.19. The number of carboxylic acids is 1. The van der Waals surface area contributed by atoms with Crippen molar-refractivity contribution in [2.75, 3.05) is 7.11 Å². The SMILES string of the molecule is CCC(OC)C(C)CCCC/C=C/C=C(\C)CC(C)/C=C/CC(C)CCC(O)CC(=O)O. The molecule has 0 aliphatic heterocycles. The Morgan fingerprint density at radius 3 is 2.38 bits per heavy atom. The number of unbranched alkanes of at least 4 members (excludes halogenated alkanes) is 2. The highest BCUT2D eigenvalue weighted by Gasteiger charge is 2.13. The Hall–Kier alpha value is -1.39. The van der Waals surface area contributed by atoms with E-state index in [1.807, 2.05) is 7.11 Å². The van der Waals surface area contributed by atoms with Crippen LogP contribution >= 0.6 is 0 Å². The van der Waals surface area contributed by atoms with Crippen molar-refractivity contribution in [3.63, 3.8) is 0 Å². The van der Waals surface area contributed by atoms with Gasteiger partial charge in [0.15, 0.2) is 0 Å². The maximum Gasteiger partial charge on any atom is 0.305 e. The Morgan fingerprint density at radius 2 is 1.75 bits per heavy atom. The smallest absolute Gasteiger partial charge is 0.305 e. The van der Waals surface area contributed by atoms with Crippen molar-refractivity contribution in [1.82, 2.24) is 0 Å². The molecule has 4 nitrogen and oxygen atoms in total. The Bertz CT molecular complexity index is 560. The molecule has 186 valence electrons. The Kier molecular flexibility index (Phi) is 18.3. The topological polar surface area (TPSA) is 66.8 Å². The summed E-state index contributed by atoms with van der Waals surface area (Å²) in [7, 11) is 1.82. The van der Waals surface area contributed by atoms with Crippen LogP contribution in [0.4, 0.5) is 0 Å². The van der Waals surface area contributed by atoms with Crippen LogP contribution in [0, 0.1) is 17.8 Å². The summed E-state index contributed by atoms with van der Waals surface area (Å²) in [5, 5.41) is 18.4. The number of methoxy groups -OCH3 is 1. The van der Waals surface area contributed by atoms with E-state index in [-0.39, 0.29) is 6.42 Å². The number of rotatable bonds is 19. The van der Waals surface area contributed by atoms with E-state index in [0.717, 1.165) is 32.1 Å². The number of carboxylic acid groups (broad SMARTS) is 1. The van der Waals surface area contributed by atoms with E-state index in [1.54, 1.807) is 0 Å².